The first kappa shape index (κ1) is 6.78. The van der Waals surface area contributed by atoms with E-state index in [0.29, 0.717) is 0 Å². The van der Waals surface area contributed by atoms with Crippen LogP contribution in [0.25, 0.3) is 0 Å². The minimum atomic E-state index is 0.187. The van der Waals surface area contributed by atoms with E-state index in [0.717, 1.165) is 12.0 Å². The zero-order chi connectivity index (χ0) is 6.69. The number of aliphatic hydroxyl groups excluding tert-OH is 1. The average molecular weight is 142 g/mol. The summed E-state index contributed by atoms with van der Waals surface area (Å²) in [5.41, 5.74) is 2.37. The first-order chi connectivity index (χ1) is 4.38. The summed E-state index contributed by atoms with van der Waals surface area (Å²) in [5.74, 6) is 0. The molecule has 0 radical (unpaired) electrons. The molecule has 1 aromatic heterocycles. The molecule has 2 heteroatoms. The first-order valence-electron chi connectivity index (χ1n) is 3.03. The topological polar surface area (TPSA) is 20.2 Å². The quantitative estimate of drug-likeness (QED) is 0.667. The summed E-state index contributed by atoms with van der Waals surface area (Å²) < 4.78 is 0. The molecular weight excluding hydrogens is 132 g/mol. The summed E-state index contributed by atoms with van der Waals surface area (Å²) in [4.78, 5) is 0. The molecule has 0 atom stereocenters. The molecule has 0 bridgehead atoms. The van der Waals surface area contributed by atoms with Crippen molar-refractivity contribution in [1.82, 2.24) is 0 Å². The number of aryl methyl sites for hydroxylation is 1. The third kappa shape index (κ3) is 1.32. The van der Waals surface area contributed by atoms with Gasteiger partial charge in [0.25, 0.3) is 0 Å². The fourth-order valence-electron chi connectivity index (χ4n) is 0.799. The lowest BCUT2D eigenvalue weighted by molar-refractivity contribution is 0.281. The Morgan fingerprint density at radius 1 is 1.44 bits per heavy atom. The molecule has 0 aliphatic carbocycles. The van der Waals surface area contributed by atoms with E-state index in [1.807, 2.05) is 5.38 Å². The minimum absolute atomic E-state index is 0.187. The van der Waals surface area contributed by atoms with Crippen molar-refractivity contribution in [2.45, 2.75) is 20.0 Å². The molecule has 1 N–H and O–H groups in total. The summed E-state index contributed by atoms with van der Waals surface area (Å²) in [6.45, 7) is 2.29. The maximum absolute atomic E-state index is 8.75. The second-order valence-electron chi connectivity index (χ2n) is 1.93. The number of hydrogen-bond donors (Lipinski definition) is 1. The third-order valence-corrected chi connectivity index (χ3v) is 2.23. The maximum atomic E-state index is 8.75. The predicted molar refractivity (Wildman–Crippen MR) is 39.6 cm³/mol. The van der Waals surface area contributed by atoms with Gasteiger partial charge in [-0.1, -0.05) is 6.92 Å². The monoisotopic (exact) mass is 142 g/mol. The molecule has 0 fully saturated rings. The molecule has 1 aromatic rings. The van der Waals surface area contributed by atoms with Gasteiger partial charge in [-0.05, 0) is 28.3 Å². The summed E-state index contributed by atoms with van der Waals surface area (Å²) in [6.07, 6.45) is 1.03. The smallest absolute Gasteiger partial charge is 0.0692 e. The van der Waals surface area contributed by atoms with Gasteiger partial charge in [0.15, 0.2) is 0 Å². The minimum Gasteiger partial charge on any atom is -0.392 e. The normalized spacial score (nSPS) is 10.0. The van der Waals surface area contributed by atoms with E-state index >= 15 is 0 Å². The van der Waals surface area contributed by atoms with E-state index in [1.54, 1.807) is 11.3 Å². The highest BCUT2D eigenvalue weighted by atomic mass is 32.1. The van der Waals surface area contributed by atoms with Crippen molar-refractivity contribution in [1.29, 1.82) is 0 Å². The van der Waals surface area contributed by atoms with E-state index < -0.39 is 0 Å². The average Bonchev–Trinajstić information content (AvgIpc) is 2.33. The number of thiophene rings is 1. The molecule has 0 amide bonds. The molecule has 1 heterocycles. The standard InChI is InChI=1S/C7H10OS/c1-2-6-4-9-5-7(6)3-8/h4-5,8H,2-3H2,1H3. The Kier molecular flexibility index (Phi) is 2.25. The lowest BCUT2D eigenvalue weighted by Gasteiger charge is -1.92. The zero-order valence-electron chi connectivity index (χ0n) is 5.42. The molecular formula is C7H10OS. The lowest BCUT2D eigenvalue weighted by atomic mass is 10.2. The molecule has 0 aliphatic heterocycles. The highest BCUT2D eigenvalue weighted by molar-refractivity contribution is 7.08. The van der Waals surface area contributed by atoms with Gasteiger partial charge in [-0.2, -0.15) is 11.3 Å². The molecule has 0 aromatic carbocycles. The van der Waals surface area contributed by atoms with Gasteiger partial charge in [-0.3, -0.25) is 0 Å². The van der Waals surface area contributed by atoms with Crippen molar-refractivity contribution >= 4 is 11.3 Å². The number of aliphatic hydroxyl groups is 1. The van der Waals surface area contributed by atoms with Gasteiger partial charge < -0.3 is 5.11 Å². The summed E-state index contributed by atoms with van der Waals surface area (Å²) >= 11 is 1.66. The molecule has 0 spiro atoms. The fraction of sp³-hybridized carbons (Fsp3) is 0.429. The Morgan fingerprint density at radius 3 is 2.56 bits per heavy atom. The van der Waals surface area contributed by atoms with E-state index in [1.165, 1.54) is 5.56 Å². The van der Waals surface area contributed by atoms with Crippen molar-refractivity contribution in [2.75, 3.05) is 0 Å². The third-order valence-electron chi connectivity index (χ3n) is 1.38. The van der Waals surface area contributed by atoms with Crippen molar-refractivity contribution < 1.29 is 5.11 Å². The van der Waals surface area contributed by atoms with Crippen LogP contribution < -0.4 is 0 Å². The molecule has 0 saturated carbocycles. The van der Waals surface area contributed by atoms with Gasteiger partial charge in [0.05, 0.1) is 6.61 Å². The summed E-state index contributed by atoms with van der Waals surface area (Å²) in [5, 5.41) is 12.8. The predicted octanol–water partition coefficient (Wildman–Crippen LogP) is 1.80. The van der Waals surface area contributed by atoms with E-state index in [2.05, 4.69) is 12.3 Å². The van der Waals surface area contributed by atoms with Crippen LogP contribution in [0.2, 0.25) is 0 Å². The molecule has 1 nitrogen and oxygen atoms in total. The van der Waals surface area contributed by atoms with Gasteiger partial charge in [-0.15, -0.1) is 0 Å². The van der Waals surface area contributed by atoms with Crippen LogP contribution in [0.3, 0.4) is 0 Å². The van der Waals surface area contributed by atoms with Crippen molar-refractivity contribution in [3.8, 4) is 0 Å². The van der Waals surface area contributed by atoms with Gasteiger partial charge >= 0.3 is 0 Å². The molecule has 1 rings (SSSR count). The molecule has 0 saturated heterocycles. The number of rotatable bonds is 2. The molecule has 50 valence electrons. The Bertz CT molecular complexity index is 162. The van der Waals surface area contributed by atoms with Crippen molar-refractivity contribution in [3.05, 3.63) is 21.9 Å². The Balaban J connectivity index is 2.85. The Labute approximate surface area is 59.0 Å². The Hall–Kier alpha value is -0.340. The van der Waals surface area contributed by atoms with Gasteiger partial charge in [0, 0.05) is 0 Å². The second kappa shape index (κ2) is 2.99. The summed E-state index contributed by atoms with van der Waals surface area (Å²) in [7, 11) is 0. The highest BCUT2D eigenvalue weighted by Crippen LogP contribution is 2.14. The lowest BCUT2D eigenvalue weighted by Crippen LogP contribution is -1.84. The van der Waals surface area contributed by atoms with Crippen LogP contribution in [-0.2, 0) is 13.0 Å². The van der Waals surface area contributed by atoms with Crippen LogP contribution in [0.1, 0.15) is 18.1 Å². The van der Waals surface area contributed by atoms with Crippen molar-refractivity contribution in [2.24, 2.45) is 0 Å². The molecule has 9 heavy (non-hydrogen) atoms. The van der Waals surface area contributed by atoms with Crippen molar-refractivity contribution in [3.63, 3.8) is 0 Å². The van der Waals surface area contributed by atoms with Crippen LogP contribution in [-0.4, -0.2) is 5.11 Å². The summed E-state index contributed by atoms with van der Waals surface area (Å²) in [6, 6.07) is 0. The van der Waals surface area contributed by atoms with Gasteiger partial charge in [0.1, 0.15) is 0 Å². The van der Waals surface area contributed by atoms with Crippen LogP contribution in [0, 0.1) is 0 Å². The number of hydrogen-bond acceptors (Lipinski definition) is 2. The van der Waals surface area contributed by atoms with Crippen LogP contribution >= 0.6 is 11.3 Å². The first-order valence-corrected chi connectivity index (χ1v) is 3.97. The second-order valence-corrected chi connectivity index (χ2v) is 2.68. The zero-order valence-corrected chi connectivity index (χ0v) is 6.24. The van der Waals surface area contributed by atoms with Crippen LogP contribution in [0.5, 0.6) is 0 Å². The van der Waals surface area contributed by atoms with E-state index in [4.69, 9.17) is 5.11 Å². The maximum Gasteiger partial charge on any atom is 0.0692 e. The SMILES string of the molecule is CCc1cscc1CO. The Morgan fingerprint density at radius 2 is 2.11 bits per heavy atom. The van der Waals surface area contributed by atoms with E-state index in [-0.39, 0.29) is 6.61 Å². The van der Waals surface area contributed by atoms with Gasteiger partial charge in [0.2, 0.25) is 0 Å². The fourth-order valence-corrected chi connectivity index (χ4v) is 1.74. The highest BCUT2D eigenvalue weighted by Gasteiger charge is 1.97. The molecule has 0 unspecified atom stereocenters. The van der Waals surface area contributed by atoms with Crippen LogP contribution in [0.4, 0.5) is 0 Å². The van der Waals surface area contributed by atoms with Gasteiger partial charge in [-0.25, -0.2) is 0 Å². The molecule has 0 aliphatic rings. The van der Waals surface area contributed by atoms with E-state index in [9.17, 15) is 0 Å². The van der Waals surface area contributed by atoms with Crippen LogP contribution in [0.15, 0.2) is 10.8 Å². The largest absolute Gasteiger partial charge is 0.392 e.